The summed E-state index contributed by atoms with van der Waals surface area (Å²) in [5.74, 6) is 1.28. The molecule has 2 aromatic carbocycles. The number of fused-ring (bicyclic) bond motifs is 1. The molecule has 1 N–H and O–H groups in total. The van der Waals surface area contributed by atoms with E-state index in [0.717, 1.165) is 17.0 Å². The number of hydrogen-bond acceptors (Lipinski definition) is 5. The van der Waals surface area contributed by atoms with E-state index in [9.17, 15) is 9.90 Å². The van der Waals surface area contributed by atoms with E-state index in [1.807, 2.05) is 59.5 Å². The first-order valence-electron chi connectivity index (χ1n) is 9.03. The van der Waals surface area contributed by atoms with Crippen molar-refractivity contribution < 1.29 is 14.6 Å². The number of Topliss-reactive ketones (excluding diaryl/α,β-unsaturated/α-hetero) is 1. The fourth-order valence-corrected chi connectivity index (χ4v) is 3.34. The predicted molar refractivity (Wildman–Crippen MR) is 109 cm³/mol. The summed E-state index contributed by atoms with van der Waals surface area (Å²) in [5, 5.41) is 10.8. The number of anilines is 2. The van der Waals surface area contributed by atoms with Gasteiger partial charge in [-0.1, -0.05) is 30.3 Å². The molecular formula is C23H20N2O3. The Morgan fingerprint density at radius 3 is 2.54 bits per heavy atom. The summed E-state index contributed by atoms with van der Waals surface area (Å²) in [6.07, 6.45) is 1.90. The smallest absolute Gasteiger partial charge is 0.168 e. The van der Waals surface area contributed by atoms with Crippen molar-refractivity contribution in [2.45, 2.75) is 6.42 Å². The van der Waals surface area contributed by atoms with Crippen molar-refractivity contribution in [1.82, 2.24) is 4.98 Å². The second-order valence-electron chi connectivity index (χ2n) is 6.57. The molecule has 1 aromatic heterocycles. The fraction of sp³-hybridized carbons (Fsp3) is 0.130. The third-order valence-corrected chi connectivity index (χ3v) is 4.83. The number of para-hydroxylation sites is 1. The van der Waals surface area contributed by atoms with Gasteiger partial charge in [0.2, 0.25) is 0 Å². The minimum atomic E-state index is -0.113. The molecule has 0 spiro atoms. The van der Waals surface area contributed by atoms with E-state index in [0.29, 0.717) is 17.0 Å². The number of hydrogen-bond donors (Lipinski definition) is 1. The van der Waals surface area contributed by atoms with Crippen LogP contribution in [0, 0.1) is 0 Å². The normalized spacial score (nSPS) is 13.2. The lowest BCUT2D eigenvalue weighted by Gasteiger charge is -2.31. The van der Waals surface area contributed by atoms with E-state index in [4.69, 9.17) is 4.74 Å². The molecule has 0 aliphatic carbocycles. The molecule has 1 aliphatic rings. The first-order chi connectivity index (χ1) is 13.7. The molecule has 1 aliphatic heterocycles. The fourth-order valence-electron chi connectivity index (χ4n) is 3.34. The van der Waals surface area contributed by atoms with Crippen molar-refractivity contribution in [1.29, 1.82) is 0 Å². The lowest BCUT2D eigenvalue weighted by Crippen LogP contribution is -2.30. The number of ketones is 1. The number of aliphatic hydroxyl groups excluding tert-OH is 1. The van der Waals surface area contributed by atoms with E-state index in [2.05, 4.69) is 4.98 Å². The molecule has 5 heteroatoms. The molecule has 0 fully saturated rings. The largest absolute Gasteiger partial charge is 0.507 e. The van der Waals surface area contributed by atoms with E-state index < -0.39 is 0 Å². The van der Waals surface area contributed by atoms with Gasteiger partial charge in [0.25, 0.3) is 0 Å². The van der Waals surface area contributed by atoms with Crippen LogP contribution in [0.25, 0.3) is 5.76 Å². The Balaban J connectivity index is 1.68. The summed E-state index contributed by atoms with van der Waals surface area (Å²) in [6.45, 7) is 0.273. The summed E-state index contributed by atoms with van der Waals surface area (Å²) >= 11 is 0. The number of nitrogens with zero attached hydrogens (tertiary/aromatic N) is 2. The Labute approximate surface area is 163 Å². The van der Waals surface area contributed by atoms with Crippen LogP contribution in [-0.2, 0) is 11.2 Å². The number of benzene rings is 2. The molecule has 0 unspecified atom stereocenters. The van der Waals surface area contributed by atoms with Crippen LogP contribution in [0.4, 0.5) is 11.5 Å². The highest BCUT2D eigenvalue weighted by Crippen LogP contribution is 2.36. The topological polar surface area (TPSA) is 62.7 Å². The van der Waals surface area contributed by atoms with Crippen LogP contribution in [0.5, 0.6) is 5.75 Å². The highest BCUT2D eigenvalue weighted by molar-refractivity contribution is 6.05. The van der Waals surface area contributed by atoms with Gasteiger partial charge in [0, 0.05) is 18.3 Å². The van der Waals surface area contributed by atoms with Crippen LogP contribution in [0.3, 0.4) is 0 Å². The monoisotopic (exact) mass is 372 g/mol. The lowest BCUT2D eigenvalue weighted by molar-refractivity contribution is -0.115. The maximum absolute atomic E-state index is 13.0. The van der Waals surface area contributed by atoms with Gasteiger partial charge in [0.1, 0.15) is 17.3 Å². The third-order valence-electron chi connectivity index (χ3n) is 4.83. The van der Waals surface area contributed by atoms with Gasteiger partial charge in [-0.2, -0.15) is 0 Å². The van der Waals surface area contributed by atoms with Gasteiger partial charge in [-0.3, -0.25) is 4.79 Å². The molecule has 0 atom stereocenters. The molecule has 2 heterocycles. The van der Waals surface area contributed by atoms with Crippen LogP contribution in [0.15, 0.2) is 78.5 Å². The summed E-state index contributed by atoms with van der Waals surface area (Å²) in [5.41, 5.74) is 2.75. The number of methoxy groups -OCH3 is 1. The number of pyridine rings is 1. The molecule has 140 valence electrons. The summed E-state index contributed by atoms with van der Waals surface area (Å²) in [7, 11) is 1.61. The maximum Gasteiger partial charge on any atom is 0.168 e. The summed E-state index contributed by atoms with van der Waals surface area (Å²) in [4.78, 5) is 19.4. The van der Waals surface area contributed by atoms with Crippen LogP contribution < -0.4 is 9.64 Å². The average molecular weight is 372 g/mol. The highest BCUT2D eigenvalue weighted by atomic mass is 16.5. The average Bonchev–Trinajstić information content (AvgIpc) is 2.75. The first kappa shape index (κ1) is 17.8. The zero-order valence-electron chi connectivity index (χ0n) is 15.5. The molecule has 4 rings (SSSR count). The van der Waals surface area contributed by atoms with Crippen LogP contribution in [0.1, 0.15) is 11.1 Å². The molecule has 0 amide bonds. The van der Waals surface area contributed by atoms with Gasteiger partial charge in [0.05, 0.1) is 24.8 Å². The SMILES string of the molecule is COc1ccc(CC(=O)C2=C(O)c3cccnc3N(c3ccccc3)C2)cc1. The number of carbonyl (C=O) groups excluding carboxylic acids is 1. The van der Waals surface area contributed by atoms with Crippen molar-refractivity contribution in [2.24, 2.45) is 0 Å². The highest BCUT2D eigenvalue weighted by Gasteiger charge is 2.29. The maximum atomic E-state index is 13.0. The van der Waals surface area contributed by atoms with Crippen molar-refractivity contribution in [3.05, 3.63) is 89.6 Å². The molecule has 0 bridgehead atoms. The van der Waals surface area contributed by atoms with Gasteiger partial charge in [-0.15, -0.1) is 0 Å². The lowest BCUT2D eigenvalue weighted by atomic mass is 9.96. The number of ether oxygens (including phenoxy) is 1. The number of rotatable bonds is 5. The Bertz CT molecular complexity index is 1030. The van der Waals surface area contributed by atoms with Gasteiger partial charge in [-0.25, -0.2) is 4.98 Å². The predicted octanol–water partition coefficient (Wildman–Crippen LogP) is 4.32. The first-order valence-corrected chi connectivity index (χ1v) is 9.03. The molecule has 0 radical (unpaired) electrons. The quantitative estimate of drug-likeness (QED) is 0.723. The molecule has 0 saturated heterocycles. The van der Waals surface area contributed by atoms with Gasteiger partial charge >= 0.3 is 0 Å². The Kier molecular flexibility index (Phi) is 4.81. The van der Waals surface area contributed by atoms with Crippen molar-refractivity contribution in [3.8, 4) is 5.75 Å². The Morgan fingerprint density at radius 1 is 1.07 bits per heavy atom. The van der Waals surface area contributed by atoms with E-state index in [1.54, 1.807) is 25.4 Å². The molecular weight excluding hydrogens is 352 g/mol. The minimum Gasteiger partial charge on any atom is -0.507 e. The van der Waals surface area contributed by atoms with Crippen LogP contribution >= 0.6 is 0 Å². The number of aliphatic hydroxyl groups is 1. The third kappa shape index (κ3) is 3.34. The van der Waals surface area contributed by atoms with Crippen LogP contribution in [0.2, 0.25) is 0 Å². The van der Waals surface area contributed by atoms with E-state index in [-0.39, 0.29) is 24.5 Å². The Morgan fingerprint density at radius 2 is 1.82 bits per heavy atom. The van der Waals surface area contributed by atoms with Gasteiger partial charge in [-0.05, 0) is 42.0 Å². The van der Waals surface area contributed by atoms with Crippen molar-refractivity contribution in [3.63, 3.8) is 0 Å². The minimum absolute atomic E-state index is 0.00814. The number of carbonyl (C=O) groups is 1. The molecule has 5 nitrogen and oxygen atoms in total. The van der Waals surface area contributed by atoms with E-state index in [1.165, 1.54) is 0 Å². The summed E-state index contributed by atoms with van der Waals surface area (Å²) in [6, 6.07) is 20.7. The number of aromatic nitrogens is 1. The summed E-state index contributed by atoms with van der Waals surface area (Å²) < 4.78 is 5.16. The standard InChI is InChI=1S/C23H20N2O3/c1-28-18-11-9-16(10-12-18)14-21(26)20-15-25(17-6-3-2-4-7-17)23-19(22(20)27)8-5-13-24-23/h2-13,27H,14-15H2,1H3. The molecule has 3 aromatic rings. The van der Waals surface area contributed by atoms with E-state index >= 15 is 0 Å². The van der Waals surface area contributed by atoms with Gasteiger partial charge in [0.15, 0.2) is 5.78 Å². The second kappa shape index (κ2) is 7.56. The molecule has 0 saturated carbocycles. The van der Waals surface area contributed by atoms with Crippen molar-refractivity contribution in [2.75, 3.05) is 18.6 Å². The van der Waals surface area contributed by atoms with Crippen molar-refractivity contribution >= 4 is 23.0 Å². The van der Waals surface area contributed by atoms with Gasteiger partial charge < -0.3 is 14.7 Å². The van der Waals surface area contributed by atoms with Crippen LogP contribution in [-0.4, -0.2) is 29.5 Å². The second-order valence-corrected chi connectivity index (χ2v) is 6.57. The molecule has 28 heavy (non-hydrogen) atoms. The zero-order chi connectivity index (χ0) is 19.5. The Hall–Kier alpha value is -3.60. The zero-order valence-corrected chi connectivity index (χ0v) is 15.5.